The molecule has 2 unspecified atom stereocenters. The lowest BCUT2D eigenvalue weighted by molar-refractivity contribution is -0.165. The minimum Gasteiger partial charge on any atom is -0.353 e. The summed E-state index contributed by atoms with van der Waals surface area (Å²) in [6, 6.07) is 0. The summed E-state index contributed by atoms with van der Waals surface area (Å²) in [4.78, 5) is 21.2. The molecule has 1 aliphatic carbocycles. The largest absolute Gasteiger partial charge is 0.353 e. The van der Waals surface area contributed by atoms with E-state index in [0.29, 0.717) is 31.3 Å². The molecular formula is C18H31ClO4. The topological polar surface area (TPSA) is 52.6 Å². The van der Waals surface area contributed by atoms with Crippen molar-refractivity contribution in [3.05, 3.63) is 25.8 Å². The van der Waals surface area contributed by atoms with Crippen LogP contribution in [0.1, 0.15) is 41.0 Å². The fourth-order valence-corrected chi connectivity index (χ4v) is 1.61. The molecule has 134 valence electrons. The Labute approximate surface area is 145 Å². The van der Waals surface area contributed by atoms with Gasteiger partial charge >= 0.3 is 0 Å². The fraction of sp³-hybridized carbons (Fsp3) is 0.667. The van der Waals surface area contributed by atoms with Crippen molar-refractivity contribution < 1.29 is 19.1 Å². The van der Waals surface area contributed by atoms with Gasteiger partial charge in [0.2, 0.25) is 5.24 Å². The van der Waals surface area contributed by atoms with E-state index in [2.05, 4.69) is 19.7 Å². The molecule has 1 saturated carbocycles. The van der Waals surface area contributed by atoms with Crippen LogP contribution in [0.15, 0.2) is 25.8 Å². The second-order valence-electron chi connectivity index (χ2n) is 6.03. The number of hydrogen-bond donors (Lipinski definition) is 0. The van der Waals surface area contributed by atoms with Gasteiger partial charge in [-0.2, -0.15) is 0 Å². The first-order valence-electron chi connectivity index (χ1n) is 7.69. The van der Waals surface area contributed by atoms with Crippen LogP contribution in [0.25, 0.3) is 0 Å². The summed E-state index contributed by atoms with van der Waals surface area (Å²) in [5, 5.41) is -0.269. The van der Waals surface area contributed by atoms with E-state index < -0.39 is 0 Å². The number of hydrogen-bond acceptors (Lipinski definition) is 4. The Hall–Kier alpha value is -0.970. The van der Waals surface area contributed by atoms with Gasteiger partial charge in [0.25, 0.3) is 0 Å². The van der Waals surface area contributed by atoms with E-state index in [1.807, 2.05) is 20.8 Å². The molecule has 0 aromatic carbocycles. The summed E-state index contributed by atoms with van der Waals surface area (Å²) < 4.78 is 10.8. The first-order chi connectivity index (χ1) is 10.6. The van der Waals surface area contributed by atoms with E-state index in [4.69, 9.17) is 21.1 Å². The van der Waals surface area contributed by atoms with Gasteiger partial charge in [-0.1, -0.05) is 33.8 Å². The summed E-state index contributed by atoms with van der Waals surface area (Å²) in [7, 11) is 0. The molecule has 4 nitrogen and oxygen atoms in total. The third kappa shape index (κ3) is 9.69. The molecule has 1 rings (SSSR count). The van der Waals surface area contributed by atoms with Gasteiger partial charge in [0.1, 0.15) is 5.78 Å². The van der Waals surface area contributed by atoms with Gasteiger partial charge in [-0.15, -0.1) is 19.7 Å². The lowest BCUT2D eigenvalue weighted by atomic mass is 9.62. The summed E-state index contributed by atoms with van der Waals surface area (Å²) in [6.45, 7) is 20.0. The predicted molar refractivity (Wildman–Crippen MR) is 95.4 cm³/mol. The van der Waals surface area contributed by atoms with Crippen LogP contribution in [0.3, 0.4) is 0 Å². The Kier molecular flexibility index (Phi) is 13.1. The van der Waals surface area contributed by atoms with Crippen LogP contribution in [0.5, 0.6) is 0 Å². The molecule has 0 saturated heterocycles. The number of ketones is 1. The smallest absolute Gasteiger partial charge is 0.224 e. The zero-order valence-electron chi connectivity index (χ0n) is 15.1. The van der Waals surface area contributed by atoms with Crippen molar-refractivity contribution in [1.82, 2.24) is 0 Å². The van der Waals surface area contributed by atoms with Crippen LogP contribution < -0.4 is 0 Å². The summed E-state index contributed by atoms with van der Waals surface area (Å²) >= 11 is 4.97. The van der Waals surface area contributed by atoms with Gasteiger partial charge in [0.05, 0.1) is 13.2 Å². The van der Waals surface area contributed by atoms with E-state index in [1.165, 1.54) is 0 Å². The Morgan fingerprint density at radius 3 is 2.13 bits per heavy atom. The van der Waals surface area contributed by atoms with Gasteiger partial charge in [0, 0.05) is 23.7 Å². The SMILES string of the molecule is C=C.C=CCOC(C)OCC1CC(=O)C1(C)C.CC(C)C(=O)Cl. The summed E-state index contributed by atoms with van der Waals surface area (Å²) in [5.74, 6) is 0.641. The van der Waals surface area contributed by atoms with Crippen LogP contribution in [0, 0.1) is 17.3 Å². The van der Waals surface area contributed by atoms with Crippen LogP contribution in [0.4, 0.5) is 0 Å². The Bertz CT molecular complexity index is 377. The molecule has 1 aliphatic rings. The van der Waals surface area contributed by atoms with Crippen molar-refractivity contribution >= 4 is 22.6 Å². The fourth-order valence-electron chi connectivity index (χ4n) is 1.61. The number of carbonyl (C=O) groups is 2. The molecular weight excluding hydrogens is 316 g/mol. The van der Waals surface area contributed by atoms with Gasteiger partial charge in [-0.05, 0) is 18.5 Å². The molecule has 0 aliphatic heterocycles. The van der Waals surface area contributed by atoms with E-state index in [-0.39, 0.29) is 22.9 Å². The standard InChI is InChI=1S/C12H20O3.C4H7ClO.C2H4/c1-5-6-14-9(2)15-8-10-7-11(13)12(10,3)4;1-3(2)4(5)6;1-2/h5,9-10H,1,6-8H2,2-4H3;3H,1-2H3;1-2H2. The molecule has 0 heterocycles. The number of halogens is 1. The highest BCUT2D eigenvalue weighted by atomic mass is 35.5. The molecule has 0 radical (unpaired) electrons. The van der Waals surface area contributed by atoms with Crippen molar-refractivity contribution in [2.24, 2.45) is 17.3 Å². The highest BCUT2D eigenvalue weighted by Gasteiger charge is 2.47. The highest BCUT2D eigenvalue weighted by Crippen LogP contribution is 2.42. The Balaban J connectivity index is 0. The van der Waals surface area contributed by atoms with Crippen molar-refractivity contribution in [2.75, 3.05) is 13.2 Å². The lowest BCUT2D eigenvalue weighted by Gasteiger charge is -2.42. The van der Waals surface area contributed by atoms with Gasteiger partial charge in [0.15, 0.2) is 6.29 Å². The van der Waals surface area contributed by atoms with Crippen molar-refractivity contribution in [1.29, 1.82) is 0 Å². The molecule has 23 heavy (non-hydrogen) atoms. The van der Waals surface area contributed by atoms with Gasteiger partial charge in [-0.3, -0.25) is 9.59 Å². The van der Waals surface area contributed by atoms with E-state index in [1.54, 1.807) is 19.9 Å². The molecule has 0 aromatic heterocycles. The second kappa shape index (κ2) is 12.5. The minimum atomic E-state index is -0.269. The average molecular weight is 347 g/mol. The third-order valence-corrected chi connectivity index (χ3v) is 4.04. The van der Waals surface area contributed by atoms with Crippen LogP contribution >= 0.6 is 11.6 Å². The highest BCUT2D eigenvalue weighted by molar-refractivity contribution is 6.63. The molecule has 1 fully saturated rings. The van der Waals surface area contributed by atoms with Gasteiger partial charge < -0.3 is 9.47 Å². The number of carbonyl (C=O) groups excluding carboxylic acids is 2. The molecule has 2 atom stereocenters. The van der Waals surface area contributed by atoms with Crippen molar-refractivity contribution in [3.8, 4) is 0 Å². The molecule has 0 N–H and O–H groups in total. The van der Waals surface area contributed by atoms with E-state index in [9.17, 15) is 9.59 Å². The van der Waals surface area contributed by atoms with Crippen LogP contribution in [-0.2, 0) is 19.1 Å². The zero-order chi connectivity index (χ0) is 18.6. The Morgan fingerprint density at radius 2 is 1.83 bits per heavy atom. The Morgan fingerprint density at radius 1 is 1.35 bits per heavy atom. The predicted octanol–water partition coefficient (Wildman–Crippen LogP) is 4.38. The van der Waals surface area contributed by atoms with E-state index >= 15 is 0 Å². The maximum Gasteiger partial charge on any atom is 0.224 e. The van der Waals surface area contributed by atoms with Crippen LogP contribution in [-0.4, -0.2) is 30.5 Å². The number of rotatable bonds is 7. The molecule has 0 bridgehead atoms. The van der Waals surface area contributed by atoms with Crippen LogP contribution in [0.2, 0.25) is 0 Å². The summed E-state index contributed by atoms with van der Waals surface area (Å²) in [6.07, 6.45) is 2.10. The van der Waals surface area contributed by atoms with E-state index in [0.717, 1.165) is 0 Å². The molecule has 0 aromatic rings. The number of Topliss-reactive ketones (excluding diaryl/α,β-unsaturated/α-hetero) is 1. The molecule has 0 spiro atoms. The van der Waals surface area contributed by atoms with Crippen molar-refractivity contribution in [2.45, 2.75) is 47.3 Å². The molecule has 5 heteroatoms. The lowest BCUT2D eigenvalue weighted by Crippen LogP contribution is -2.48. The molecule has 0 amide bonds. The number of ether oxygens (including phenoxy) is 2. The quantitative estimate of drug-likeness (QED) is 0.390. The maximum absolute atomic E-state index is 11.3. The summed E-state index contributed by atoms with van der Waals surface area (Å²) in [5.41, 5.74) is -0.210. The first kappa shape index (κ1) is 24.3. The second-order valence-corrected chi connectivity index (χ2v) is 6.40. The zero-order valence-corrected chi connectivity index (χ0v) is 15.8. The normalized spacial score (nSPS) is 19.4. The first-order valence-corrected chi connectivity index (χ1v) is 8.07. The van der Waals surface area contributed by atoms with Crippen molar-refractivity contribution in [3.63, 3.8) is 0 Å². The average Bonchev–Trinajstić information content (AvgIpc) is 2.51. The minimum absolute atomic E-state index is 0.0216. The monoisotopic (exact) mass is 346 g/mol. The van der Waals surface area contributed by atoms with Gasteiger partial charge in [-0.25, -0.2) is 0 Å². The third-order valence-electron chi connectivity index (χ3n) is 3.61. The maximum atomic E-state index is 11.3.